The van der Waals surface area contributed by atoms with Crippen LogP contribution in [0.25, 0.3) is 0 Å². The van der Waals surface area contributed by atoms with Crippen LogP contribution in [0, 0.1) is 13.8 Å². The molecule has 0 fully saturated rings. The van der Waals surface area contributed by atoms with E-state index in [4.69, 9.17) is 5.73 Å². The van der Waals surface area contributed by atoms with E-state index in [2.05, 4.69) is 37.5 Å². The summed E-state index contributed by atoms with van der Waals surface area (Å²) >= 11 is 0. The number of rotatable bonds is 4. The zero-order valence-electron chi connectivity index (χ0n) is 10.0. The lowest BCUT2D eigenvalue weighted by Crippen LogP contribution is -2.38. The van der Waals surface area contributed by atoms with Crippen molar-refractivity contribution in [1.82, 2.24) is 10.4 Å². The van der Waals surface area contributed by atoms with E-state index in [-0.39, 0.29) is 6.04 Å². The first-order chi connectivity index (χ1) is 7.02. The SMILES string of the molecule is Cc1cc(C)cc(C(CN)NN(C)C)c1. The van der Waals surface area contributed by atoms with E-state index in [0.717, 1.165) is 0 Å². The molecule has 1 atom stereocenters. The van der Waals surface area contributed by atoms with Crippen LogP contribution in [0.15, 0.2) is 18.2 Å². The fraction of sp³-hybridized carbons (Fsp3) is 0.500. The molecule has 0 aliphatic carbocycles. The van der Waals surface area contributed by atoms with Gasteiger partial charge in [-0.2, -0.15) is 0 Å². The van der Waals surface area contributed by atoms with Gasteiger partial charge in [0.2, 0.25) is 0 Å². The zero-order valence-corrected chi connectivity index (χ0v) is 10.0. The lowest BCUT2D eigenvalue weighted by molar-refractivity contribution is 0.245. The molecule has 0 aliphatic rings. The summed E-state index contributed by atoms with van der Waals surface area (Å²) in [5.74, 6) is 0. The fourth-order valence-electron chi connectivity index (χ4n) is 1.79. The summed E-state index contributed by atoms with van der Waals surface area (Å²) < 4.78 is 0. The molecule has 0 saturated carbocycles. The van der Waals surface area contributed by atoms with Crippen LogP contribution in [0.5, 0.6) is 0 Å². The van der Waals surface area contributed by atoms with E-state index >= 15 is 0 Å². The Morgan fingerprint density at radius 2 is 1.73 bits per heavy atom. The Hall–Kier alpha value is -0.900. The van der Waals surface area contributed by atoms with Crippen LogP contribution < -0.4 is 11.2 Å². The molecule has 3 N–H and O–H groups in total. The molecule has 0 radical (unpaired) electrons. The predicted molar refractivity (Wildman–Crippen MR) is 64.5 cm³/mol. The summed E-state index contributed by atoms with van der Waals surface area (Å²) in [4.78, 5) is 0. The van der Waals surface area contributed by atoms with Crippen LogP contribution in [-0.2, 0) is 0 Å². The molecule has 1 aromatic carbocycles. The summed E-state index contributed by atoms with van der Waals surface area (Å²) in [6.45, 7) is 4.82. The lowest BCUT2D eigenvalue weighted by atomic mass is 10.0. The average Bonchev–Trinajstić information content (AvgIpc) is 2.12. The number of benzene rings is 1. The van der Waals surface area contributed by atoms with Gasteiger partial charge in [-0.05, 0) is 19.4 Å². The van der Waals surface area contributed by atoms with Crippen molar-refractivity contribution < 1.29 is 0 Å². The third kappa shape index (κ3) is 3.63. The Kier molecular flexibility index (Phi) is 4.27. The lowest BCUT2D eigenvalue weighted by Gasteiger charge is -2.22. The highest BCUT2D eigenvalue weighted by atomic mass is 15.5. The molecule has 0 amide bonds. The molecule has 3 nitrogen and oxygen atoms in total. The second-order valence-electron chi connectivity index (χ2n) is 4.23. The highest BCUT2D eigenvalue weighted by molar-refractivity contribution is 5.30. The molecule has 15 heavy (non-hydrogen) atoms. The normalized spacial score (nSPS) is 13.2. The number of hydrogen-bond donors (Lipinski definition) is 2. The Morgan fingerprint density at radius 1 is 1.20 bits per heavy atom. The molecule has 0 aromatic heterocycles. The summed E-state index contributed by atoms with van der Waals surface area (Å²) in [7, 11) is 3.95. The van der Waals surface area contributed by atoms with Crippen molar-refractivity contribution in [2.45, 2.75) is 19.9 Å². The van der Waals surface area contributed by atoms with Gasteiger partial charge in [0.05, 0.1) is 6.04 Å². The molecule has 0 bridgehead atoms. The van der Waals surface area contributed by atoms with Crippen LogP contribution >= 0.6 is 0 Å². The fourth-order valence-corrected chi connectivity index (χ4v) is 1.79. The summed E-state index contributed by atoms with van der Waals surface area (Å²) in [6.07, 6.45) is 0. The number of nitrogens with zero attached hydrogens (tertiary/aromatic N) is 1. The van der Waals surface area contributed by atoms with Gasteiger partial charge < -0.3 is 5.73 Å². The van der Waals surface area contributed by atoms with Crippen molar-refractivity contribution in [1.29, 1.82) is 0 Å². The molecule has 1 unspecified atom stereocenters. The minimum atomic E-state index is 0.193. The maximum Gasteiger partial charge on any atom is 0.0587 e. The van der Waals surface area contributed by atoms with Crippen LogP contribution in [0.3, 0.4) is 0 Å². The molecular weight excluding hydrogens is 186 g/mol. The van der Waals surface area contributed by atoms with Crippen molar-refractivity contribution in [2.24, 2.45) is 5.73 Å². The average molecular weight is 207 g/mol. The van der Waals surface area contributed by atoms with Crippen LogP contribution in [0.2, 0.25) is 0 Å². The number of hydrazine groups is 1. The third-order valence-electron chi connectivity index (χ3n) is 2.30. The maximum atomic E-state index is 5.76. The van der Waals surface area contributed by atoms with Gasteiger partial charge in [-0.25, -0.2) is 10.4 Å². The Morgan fingerprint density at radius 3 is 2.13 bits per heavy atom. The molecular formula is C12H21N3. The molecule has 1 aromatic rings. The van der Waals surface area contributed by atoms with E-state index in [1.165, 1.54) is 16.7 Å². The Labute approximate surface area is 92.2 Å². The zero-order chi connectivity index (χ0) is 11.4. The highest BCUT2D eigenvalue weighted by Gasteiger charge is 2.10. The van der Waals surface area contributed by atoms with E-state index in [1.807, 2.05) is 19.1 Å². The van der Waals surface area contributed by atoms with Crippen molar-refractivity contribution in [3.8, 4) is 0 Å². The van der Waals surface area contributed by atoms with Gasteiger partial charge in [-0.1, -0.05) is 29.3 Å². The van der Waals surface area contributed by atoms with Gasteiger partial charge in [0.25, 0.3) is 0 Å². The van der Waals surface area contributed by atoms with Crippen LogP contribution in [0.1, 0.15) is 22.7 Å². The first kappa shape index (κ1) is 12.2. The van der Waals surface area contributed by atoms with Crippen molar-refractivity contribution >= 4 is 0 Å². The second-order valence-corrected chi connectivity index (χ2v) is 4.23. The molecule has 0 spiro atoms. The van der Waals surface area contributed by atoms with Gasteiger partial charge in [-0.3, -0.25) is 0 Å². The van der Waals surface area contributed by atoms with Gasteiger partial charge in [0.1, 0.15) is 0 Å². The van der Waals surface area contributed by atoms with Crippen LogP contribution in [-0.4, -0.2) is 25.6 Å². The minimum Gasteiger partial charge on any atom is -0.329 e. The summed E-state index contributed by atoms with van der Waals surface area (Å²) in [5.41, 5.74) is 12.9. The number of nitrogens with two attached hydrogens (primary N) is 1. The Bertz CT molecular complexity index is 300. The van der Waals surface area contributed by atoms with Gasteiger partial charge in [0.15, 0.2) is 0 Å². The Balaban J connectivity index is 2.91. The number of nitrogens with one attached hydrogen (secondary N) is 1. The van der Waals surface area contributed by atoms with E-state index < -0.39 is 0 Å². The quantitative estimate of drug-likeness (QED) is 0.733. The van der Waals surface area contributed by atoms with Crippen molar-refractivity contribution in [3.63, 3.8) is 0 Å². The van der Waals surface area contributed by atoms with Gasteiger partial charge >= 0.3 is 0 Å². The number of aryl methyl sites for hydroxylation is 2. The third-order valence-corrected chi connectivity index (χ3v) is 2.30. The van der Waals surface area contributed by atoms with Gasteiger partial charge in [0, 0.05) is 20.6 Å². The largest absolute Gasteiger partial charge is 0.329 e. The van der Waals surface area contributed by atoms with Gasteiger partial charge in [-0.15, -0.1) is 0 Å². The second kappa shape index (κ2) is 5.26. The highest BCUT2D eigenvalue weighted by Crippen LogP contribution is 2.16. The van der Waals surface area contributed by atoms with E-state index in [0.29, 0.717) is 6.54 Å². The van der Waals surface area contributed by atoms with E-state index in [1.54, 1.807) is 0 Å². The molecule has 84 valence electrons. The standard InChI is InChI=1S/C12H21N3/c1-9-5-10(2)7-11(6-9)12(8-13)14-15(3)4/h5-7,12,14H,8,13H2,1-4H3. The summed E-state index contributed by atoms with van der Waals surface area (Å²) in [5, 5.41) is 1.94. The molecule has 1 rings (SSSR count). The van der Waals surface area contributed by atoms with Crippen molar-refractivity contribution in [3.05, 3.63) is 34.9 Å². The van der Waals surface area contributed by atoms with Crippen molar-refractivity contribution in [2.75, 3.05) is 20.6 Å². The van der Waals surface area contributed by atoms with E-state index in [9.17, 15) is 0 Å². The predicted octanol–water partition coefficient (Wildman–Crippen LogP) is 1.37. The summed E-state index contributed by atoms with van der Waals surface area (Å²) in [6, 6.07) is 6.73. The molecule has 0 heterocycles. The molecule has 0 saturated heterocycles. The monoisotopic (exact) mass is 207 g/mol. The first-order valence-corrected chi connectivity index (χ1v) is 5.24. The maximum absolute atomic E-state index is 5.76. The topological polar surface area (TPSA) is 41.3 Å². The number of hydrogen-bond acceptors (Lipinski definition) is 3. The smallest absolute Gasteiger partial charge is 0.0587 e. The van der Waals surface area contributed by atoms with Crippen LogP contribution in [0.4, 0.5) is 0 Å². The molecule has 0 aliphatic heterocycles. The molecule has 3 heteroatoms. The minimum absolute atomic E-state index is 0.193. The first-order valence-electron chi connectivity index (χ1n) is 5.24.